The predicted molar refractivity (Wildman–Crippen MR) is 96.1 cm³/mol. The molecule has 1 amide bonds. The van der Waals surface area contributed by atoms with E-state index in [2.05, 4.69) is 15.3 Å². The molecular weight excluding hydrogens is 347 g/mol. The Kier molecular flexibility index (Phi) is 5.53. The van der Waals surface area contributed by atoms with Gasteiger partial charge in [0.25, 0.3) is 5.91 Å². The molecule has 3 rings (SSSR count). The number of halogens is 2. The number of likely N-dealkylation sites (tertiary alicyclic amines) is 1. The monoisotopic (exact) mass is 364 g/mol. The van der Waals surface area contributed by atoms with Gasteiger partial charge in [0.2, 0.25) is 5.95 Å². The van der Waals surface area contributed by atoms with Crippen molar-refractivity contribution in [3.63, 3.8) is 0 Å². The van der Waals surface area contributed by atoms with Crippen molar-refractivity contribution < 1.29 is 4.79 Å². The van der Waals surface area contributed by atoms with Crippen LogP contribution in [0.3, 0.4) is 0 Å². The van der Waals surface area contributed by atoms with E-state index in [1.165, 1.54) is 12.8 Å². The van der Waals surface area contributed by atoms with E-state index in [-0.39, 0.29) is 5.91 Å². The molecule has 1 aromatic carbocycles. The van der Waals surface area contributed by atoms with Gasteiger partial charge in [-0.1, -0.05) is 36.0 Å². The summed E-state index contributed by atoms with van der Waals surface area (Å²) in [7, 11) is 0. The van der Waals surface area contributed by atoms with Crippen molar-refractivity contribution in [2.24, 2.45) is 0 Å². The highest BCUT2D eigenvalue weighted by Gasteiger charge is 2.19. The average molecular weight is 365 g/mol. The smallest absolute Gasteiger partial charge is 0.272 e. The van der Waals surface area contributed by atoms with Crippen molar-refractivity contribution >= 4 is 40.7 Å². The molecule has 2 aromatic rings. The third-order valence-corrected chi connectivity index (χ3v) is 4.32. The topological polar surface area (TPSA) is 58.1 Å². The molecule has 0 bridgehead atoms. The maximum Gasteiger partial charge on any atom is 0.272 e. The van der Waals surface area contributed by atoms with E-state index in [9.17, 15) is 4.79 Å². The van der Waals surface area contributed by atoms with Gasteiger partial charge >= 0.3 is 0 Å². The van der Waals surface area contributed by atoms with Crippen molar-refractivity contribution in [1.82, 2.24) is 14.9 Å². The van der Waals surface area contributed by atoms with Crippen LogP contribution in [-0.4, -0.2) is 33.9 Å². The zero-order valence-electron chi connectivity index (χ0n) is 13.1. The fraction of sp³-hybridized carbons (Fsp3) is 0.353. The van der Waals surface area contributed by atoms with Crippen LogP contribution in [-0.2, 0) is 0 Å². The lowest BCUT2D eigenvalue weighted by Crippen LogP contribution is -2.32. The number of anilines is 2. The van der Waals surface area contributed by atoms with Crippen molar-refractivity contribution in [1.29, 1.82) is 0 Å². The quantitative estimate of drug-likeness (QED) is 0.867. The van der Waals surface area contributed by atoms with E-state index in [0.717, 1.165) is 25.9 Å². The Morgan fingerprint density at radius 3 is 2.38 bits per heavy atom. The first-order valence-electron chi connectivity index (χ1n) is 7.97. The van der Waals surface area contributed by atoms with Crippen molar-refractivity contribution in [3.05, 3.63) is 46.2 Å². The highest BCUT2D eigenvalue weighted by molar-refractivity contribution is 6.35. The molecule has 7 heteroatoms. The third kappa shape index (κ3) is 4.36. The van der Waals surface area contributed by atoms with Gasteiger partial charge in [0.15, 0.2) is 0 Å². The van der Waals surface area contributed by atoms with Gasteiger partial charge in [-0.2, -0.15) is 0 Å². The van der Waals surface area contributed by atoms with Crippen LogP contribution >= 0.6 is 23.2 Å². The van der Waals surface area contributed by atoms with Crippen molar-refractivity contribution in [3.8, 4) is 0 Å². The number of rotatable bonds is 3. The number of carbonyl (C=O) groups excluding carboxylic acids is 1. The summed E-state index contributed by atoms with van der Waals surface area (Å²) < 4.78 is 0. The molecule has 24 heavy (non-hydrogen) atoms. The summed E-state index contributed by atoms with van der Waals surface area (Å²) in [4.78, 5) is 23.0. The number of nitrogens with one attached hydrogen (secondary N) is 1. The first-order chi connectivity index (χ1) is 11.6. The zero-order valence-corrected chi connectivity index (χ0v) is 14.6. The third-order valence-electron chi connectivity index (χ3n) is 3.89. The van der Waals surface area contributed by atoms with Gasteiger partial charge in [-0.3, -0.25) is 4.79 Å². The number of carbonyl (C=O) groups is 1. The van der Waals surface area contributed by atoms with Gasteiger partial charge in [-0.25, -0.2) is 9.97 Å². The molecule has 1 saturated heterocycles. The van der Waals surface area contributed by atoms with Crippen LogP contribution in [0.1, 0.15) is 36.2 Å². The first-order valence-corrected chi connectivity index (χ1v) is 8.73. The number of aromatic nitrogens is 2. The van der Waals surface area contributed by atoms with E-state index < -0.39 is 0 Å². The van der Waals surface area contributed by atoms with Crippen LogP contribution in [0.25, 0.3) is 0 Å². The zero-order chi connectivity index (χ0) is 16.9. The Hall–Kier alpha value is -1.85. The maximum absolute atomic E-state index is 12.6. The Balaban J connectivity index is 1.77. The summed E-state index contributed by atoms with van der Waals surface area (Å²) >= 11 is 12.0. The summed E-state index contributed by atoms with van der Waals surface area (Å²) in [6.07, 6.45) is 6.02. The van der Waals surface area contributed by atoms with Crippen LogP contribution in [0.2, 0.25) is 10.0 Å². The van der Waals surface area contributed by atoms with E-state index in [1.54, 1.807) is 30.5 Å². The molecule has 0 aliphatic carbocycles. The molecule has 1 aromatic heterocycles. The lowest BCUT2D eigenvalue weighted by Gasteiger charge is -2.19. The number of amides is 1. The molecular formula is C17H18Cl2N4O. The molecule has 0 radical (unpaired) electrons. The number of hydrogen-bond donors (Lipinski definition) is 1. The van der Waals surface area contributed by atoms with Crippen LogP contribution in [0.4, 0.5) is 11.6 Å². The van der Waals surface area contributed by atoms with E-state index in [1.807, 2.05) is 4.90 Å². The second-order valence-corrected chi connectivity index (χ2v) is 6.63. The highest BCUT2D eigenvalue weighted by Crippen LogP contribution is 2.24. The summed E-state index contributed by atoms with van der Waals surface area (Å²) in [5, 5.41) is 4.07. The molecule has 1 fully saturated rings. The highest BCUT2D eigenvalue weighted by atomic mass is 35.5. The van der Waals surface area contributed by atoms with Crippen molar-refractivity contribution in [2.75, 3.05) is 18.4 Å². The molecule has 0 unspecified atom stereocenters. The second kappa shape index (κ2) is 7.81. The summed E-state index contributed by atoms with van der Waals surface area (Å²) in [5.74, 6) is 0.292. The second-order valence-electron chi connectivity index (χ2n) is 5.76. The van der Waals surface area contributed by atoms with Gasteiger partial charge in [-0.05, 0) is 37.1 Å². The van der Waals surface area contributed by atoms with Crippen molar-refractivity contribution in [2.45, 2.75) is 25.7 Å². The number of hydrogen-bond acceptors (Lipinski definition) is 4. The summed E-state index contributed by atoms with van der Waals surface area (Å²) in [6.45, 7) is 1.57. The predicted octanol–water partition coefficient (Wildman–Crippen LogP) is 4.54. The summed E-state index contributed by atoms with van der Waals surface area (Å²) in [6, 6.07) is 6.73. The van der Waals surface area contributed by atoms with Crippen LogP contribution in [0.15, 0.2) is 30.5 Å². The minimum absolute atomic E-state index is 0.0496. The molecule has 1 aliphatic rings. The van der Waals surface area contributed by atoms with Gasteiger partial charge in [0.1, 0.15) is 5.69 Å². The average Bonchev–Trinajstić information content (AvgIpc) is 2.82. The Morgan fingerprint density at radius 2 is 1.71 bits per heavy atom. The normalized spacial score (nSPS) is 15.0. The fourth-order valence-corrected chi connectivity index (χ4v) is 3.25. The van der Waals surface area contributed by atoms with E-state index in [0.29, 0.717) is 27.4 Å². The standard InChI is InChI=1S/C17H18Cl2N4O/c18-12-9-13(19)11-14(10-12)21-17-20-6-5-15(22-17)16(24)23-7-3-1-2-4-8-23/h5-6,9-11H,1-4,7-8H2,(H,20,21,22). The fourth-order valence-electron chi connectivity index (χ4n) is 2.73. The van der Waals surface area contributed by atoms with Gasteiger partial charge in [-0.15, -0.1) is 0 Å². The minimum atomic E-state index is -0.0496. The Bertz CT molecular complexity index is 710. The SMILES string of the molecule is O=C(c1ccnc(Nc2cc(Cl)cc(Cl)c2)n1)N1CCCCCC1. The lowest BCUT2D eigenvalue weighted by molar-refractivity contribution is 0.0755. The Morgan fingerprint density at radius 1 is 1.04 bits per heavy atom. The molecule has 0 spiro atoms. The summed E-state index contributed by atoms with van der Waals surface area (Å²) in [5.41, 5.74) is 1.06. The first kappa shape index (κ1) is 17.0. The minimum Gasteiger partial charge on any atom is -0.337 e. The van der Waals surface area contributed by atoms with E-state index >= 15 is 0 Å². The molecule has 0 saturated carbocycles. The Labute approximate surface area is 151 Å². The van der Waals surface area contributed by atoms with Crippen LogP contribution < -0.4 is 5.32 Å². The molecule has 1 N–H and O–H groups in total. The molecule has 1 aliphatic heterocycles. The number of benzene rings is 1. The van der Waals surface area contributed by atoms with Gasteiger partial charge in [0.05, 0.1) is 0 Å². The molecule has 2 heterocycles. The maximum atomic E-state index is 12.6. The lowest BCUT2D eigenvalue weighted by atomic mass is 10.2. The molecule has 126 valence electrons. The van der Waals surface area contributed by atoms with E-state index in [4.69, 9.17) is 23.2 Å². The van der Waals surface area contributed by atoms with Crippen LogP contribution in [0.5, 0.6) is 0 Å². The molecule has 5 nitrogen and oxygen atoms in total. The largest absolute Gasteiger partial charge is 0.337 e. The van der Waals surface area contributed by atoms with Crippen LogP contribution in [0, 0.1) is 0 Å². The number of nitrogens with zero attached hydrogens (tertiary/aromatic N) is 3. The van der Waals surface area contributed by atoms with Gasteiger partial charge in [0, 0.05) is 35.0 Å². The molecule has 0 atom stereocenters. The van der Waals surface area contributed by atoms with Gasteiger partial charge < -0.3 is 10.2 Å².